The number of ether oxygens (including phenoxy) is 1. The molecule has 0 spiro atoms. The van der Waals surface area contributed by atoms with Gasteiger partial charge in [-0.2, -0.15) is 0 Å². The molecule has 0 saturated carbocycles. The van der Waals surface area contributed by atoms with Gasteiger partial charge in [-0.15, -0.1) is 0 Å². The number of rotatable bonds is 6. The molecule has 0 bridgehead atoms. The van der Waals surface area contributed by atoms with Crippen LogP contribution in [0.1, 0.15) is 26.3 Å². The molecule has 0 radical (unpaired) electrons. The molecule has 176 valence electrons. The predicted molar refractivity (Wildman–Crippen MR) is 141 cm³/mol. The molecule has 5 nitrogen and oxygen atoms in total. The van der Waals surface area contributed by atoms with Gasteiger partial charge in [0.25, 0.3) is 0 Å². The van der Waals surface area contributed by atoms with Crippen molar-refractivity contribution in [3.05, 3.63) is 78.4 Å². The van der Waals surface area contributed by atoms with E-state index in [4.69, 9.17) is 9.72 Å². The van der Waals surface area contributed by atoms with Crippen molar-refractivity contribution in [1.29, 1.82) is 0 Å². The molecule has 0 aliphatic carbocycles. The first kappa shape index (κ1) is 22.5. The fraction of sp³-hybridized carbons (Fsp3) is 0.345. The van der Waals surface area contributed by atoms with Gasteiger partial charge in [-0.3, -0.25) is 4.90 Å². The van der Waals surface area contributed by atoms with Crippen LogP contribution in [0, 0.1) is 0 Å². The van der Waals surface area contributed by atoms with Gasteiger partial charge in [0.05, 0.1) is 11.2 Å². The number of para-hydroxylation sites is 2. The summed E-state index contributed by atoms with van der Waals surface area (Å²) >= 11 is 0. The average molecular weight is 455 g/mol. The smallest absolute Gasteiger partial charge is 0.138 e. The summed E-state index contributed by atoms with van der Waals surface area (Å²) in [5, 5.41) is 0. The van der Waals surface area contributed by atoms with Gasteiger partial charge in [-0.25, -0.2) is 4.98 Å². The third-order valence-electron chi connectivity index (χ3n) is 6.65. The Morgan fingerprint density at radius 1 is 0.853 bits per heavy atom. The molecule has 1 fully saturated rings. The summed E-state index contributed by atoms with van der Waals surface area (Å²) in [5.74, 6) is 1.87. The highest BCUT2D eigenvalue weighted by Crippen LogP contribution is 2.30. The Hall–Kier alpha value is -3.31. The molecule has 1 aromatic heterocycles. The van der Waals surface area contributed by atoms with Crippen LogP contribution in [0.15, 0.2) is 72.8 Å². The first-order chi connectivity index (χ1) is 16.5. The fourth-order valence-corrected chi connectivity index (χ4v) is 4.56. The zero-order valence-corrected chi connectivity index (χ0v) is 20.4. The van der Waals surface area contributed by atoms with Crippen LogP contribution in [0.4, 0.5) is 5.69 Å². The number of piperazine rings is 1. The number of hydrogen-bond donors (Lipinski definition) is 1. The average Bonchev–Trinajstić information content (AvgIpc) is 3.29. The van der Waals surface area contributed by atoms with Crippen LogP contribution in [0.25, 0.3) is 22.4 Å². The first-order valence-corrected chi connectivity index (χ1v) is 12.2. The zero-order chi connectivity index (χ0) is 23.5. The Morgan fingerprint density at radius 2 is 1.59 bits per heavy atom. The molecule has 1 N–H and O–H groups in total. The van der Waals surface area contributed by atoms with Gasteiger partial charge in [0, 0.05) is 38.3 Å². The van der Waals surface area contributed by atoms with Crippen LogP contribution in [0.3, 0.4) is 0 Å². The fourth-order valence-electron chi connectivity index (χ4n) is 4.56. The summed E-state index contributed by atoms with van der Waals surface area (Å²) in [5.41, 5.74) is 5.96. The maximum atomic E-state index is 5.88. The maximum Gasteiger partial charge on any atom is 0.138 e. The van der Waals surface area contributed by atoms with E-state index >= 15 is 0 Å². The minimum absolute atomic E-state index is 0.148. The first-order valence-electron chi connectivity index (χ1n) is 12.2. The molecule has 0 atom stereocenters. The number of fused-ring (bicyclic) bond motifs is 1. The lowest BCUT2D eigenvalue weighted by Crippen LogP contribution is -2.47. The summed E-state index contributed by atoms with van der Waals surface area (Å²) in [4.78, 5) is 13.5. The van der Waals surface area contributed by atoms with Gasteiger partial charge in [0.2, 0.25) is 0 Å². The lowest BCUT2D eigenvalue weighted by atomic mass is 9.87. The molecule has 1 aliphatic rings. The Balaban J connectivity index is 1.24. The molecular weight excluding hydrogens is 420 g/mol. The predicted octanol–water partition coefficient (Wildman–Crippen LogP) is 5.73. The zero-order valence-electron chi connectivity index (χ0n) is 20.4. The molecule has 1 saturated heterocycles. The maximum absolute atomic E-state index is 5.88. The summed E-state index contributed by atoms with van der Waals surface area (Å²) in [7, 11) is 0. The number of imidazole rings is 1. The Bertz CT molecular complexity index is 1220. The molecule has 34 heavy (non-hydrogen) atoms. The molecule has 3 aromatic carbocycles. The van der Waals surface area contributed by atoms with Gasteiger partial charge in [-0.05, 0) is 35.2 Å². The number of nitrogens with zero attached hydrogens (tertiary/aromatic N) is 3. The van der Waals surface area contributed by atoms with Crippen molar-refractivity contribution in [3.8, 4) is 17.1 Å². The van der Waals surface area contributed by atoms with Crippen LogP contribution in [0.5, 0.6) is 5.75 Å². The van der Waals surface area contributed by atoms with Gasteiger partial charge < -0.3 is 14.6 Å². The molecule has 5 heteroatoms. The van der Waals surface area contributed by atoms with E-state index in [0.717, 1.165) is 67.5 Å². The van der Waals surface area contributed by atoms with E-state index < -0.39 is 0 Å². The molecule has 0 unspecified atom stereocenters. The van der Waals surface area contributed by atoms with Crippen molar-refractivity contribution in [2.75, 3.05) is 44.2 Å². The second kappa shape index (κ2) is 9.51. The number of benzene rings is 3. The highest BCUT2D eigenvalue weighted by Gasteiger charge is 2.20. The third-order valence-corrected chi connectivity index (χ3v) is 6.65. The highest BCUT2D eigenvalue weighted by atomic mass is 16.5. The van der Waals surface area contributed by atoms with Crippen molar-refractivity contribution >= 4 is 16.7 Å². The van der Waals surface area contributed by atoms with Crippen molar-refractivity contribution in [2.24, 2.45) is 0 Å². The highest BCUT2D eigenvalue weighted by molar-refractivity contribution is 5.91. The van der Waals surface area contributed by atoms with Crippen LogP contribution in [0.2, 0.25) is 0 Å². The molecule has 5 rings (SSSR count). The minimum Gasteiger partial charge on any atom is -0.492 e. The molecule has 0 amide bonds. The van der Waals surface area contributed by atoms with Gasteiger partial charge in [-0.1, -0.05) is 69.3 Å². The van der Waals surface area contributed by atoms with Crippen molar-refractivity contribution in [1.82, 2.24) is 14.9 Å². The minimum atomic E-state index is 0.148. The van der Waals surface area contributed by atoms with Crippen molar-refractivity contribution in [2.45, 2.75) is 26.2 Å². The SMILES string of the molecule is CC(C)(C)c1ccc(-c2nc3c(N4CCN(CCOc5ccccc5)CC4)cccc3[nH]2)cc1. The standard InChI is InChI=1S/C29H34N4O/c1-29(2,3)23-14-12-22(13-15-23)28-30-25-10-7-11-26(27(25)31-28)33-18-16-32(17-19-33)20-21-34-24-8-5-4-6-9-24/h4-15H,16-21H2,1-3H3,(H,30,31). The quantitative estimate of drug-likeness (QED) is 0.404. The number of H-pyrrole nitrogens is 1. The molecular formula is C29H34N4O. The Kier molecular flexibility index (Phi) is 6.29. The van der Waals surface area contributed by atoms with Crippen molar-refractivity contribution in [3.63, 3.8) is 0 Å². The summed E-state index contributed by atoms with van der Waals surface area (Å²) in [6, 6.07) is 25.3. The van der Waals surface area contributed by atoms with Crippen LogP contribution < -0.4 is 9.64 Å². The van der Waals surface area contributed by atoms with E-state index in [9.17, 15) is 0 Å². The summed E-state index contributed by atoms with van der Waals surface area (Å²) in [6.07, 6.45) is 0. The van der Waals surface area contributed by atoms with Gasteiger partial charge in [0.1, 0.15) is 23.7 Å². The largest absolute Gasteiger partial charge is 0.492 e. The number of nitrogens with one attached hydrogen (secondary N) is 1. The second-order valence-electron chi connectivity index (χ2n) is 10.1. The van der Waals surface area contributed by atoms with Gasteiger partial charge in [0.15, 0.2) is 0 Å². The lowest BCUT2D eigenvalue weighted by molar-refractivity contribution is 0.200. The molecule has 4 aromatic rings. The number of hydrogen-bond acceptors (Lipinski definition) is 4. The van der Waals surface area contributed by atoms with E-state index in [1.165, 1.54) is 11.3 Å². The lowest BCUT2D eigenvalue weighted by Gasteiger charge is -2.36. The number of aromatic amines is 1. The summed E-state index contributed by atoms with van der Waals surface area (Å²) in [6.45, 7) is 12.4. The Labute approximate surface area is 202 Å². The van der Waals surface area contributed by atoms with E-state index in [1.807, 2.05) is 30.3 Å². The Morgan fingerprint density at radius 3 is 2.29 bits per heavy atom. The van der Waals surface area contributed by atoms with Crippen LogP contribution in [-0.2, 0) is 5.41 Å². The van der Waals surface area contributed by atoms with E-state index in [0.29, 0.717) is 0 Å². The van der Waals surface area contributed by atoms with Crippen molar-refractivity contribution < 1.29 is 4.74 Å². The van der Waals surface area contributed by atoms with E-state index in [1.54, 1.807) is 0 Å². The van der Waals surface area contributed by atoms with E-state index in [-0.39, 0.29) is 5.41 Å². The topological polar surface area (TPSA) is 44.4 Å². The third kappa shape index (κ3) is 4.95. The summed E-state index contributed by atoms with van der Waals surface area (Å²) < 4.78 is 5.88. The second-order valence-corrected chi connectivity index (χ2v) is 10.1. The van der Waals surface area contributed by atoms with E-state index in [2.05, 4.69) is 78.0 Å². The molecule has 1 aliphatic heterocycles. The molecule has 2 heterocycles. The van der Waals surface area contributed by atoms with Crippen LogP contribution in [-0.4, -0.2) is 54.2 Å². The monoisotopic (exact) mass is 454 g/mol. The number of aromatic nitrogens is 2. The normalized spacial score (nSPS) is 15.1. The number of anilines is 1. The van der Waals surface area contributed by atoms with Crippen LogP contribution >= 0.6 is 0 Å². The van der Waals surface area contributed by atoms with Gasteiger partial charge >= 0.3 is 0 Å².